The van der Waals surface area contributed by atoms with Gasteiger partial charge in [-0.1, -0.05) is 41.7 Å². The summed E-state index contributed by atoms with van der Waals surface area (Å²) < 4.78 is 28.0. The Balaban J connectivity index is 1.81. The molecule has 1 heterocycles. The molecule has 0 radical (unpaired) electrons. The van der Waals surface area contributed by atoms with E-state index in [1.807, 2.05) is 49.3 Å². The average molecular weight is 403 g/mol. The summed E-state index contributed by atoms with van der Waals surface area (Å²) in [6.45, 7) is 1.30. The summed E-state index contributed by atoms with van der Waals surface area (Å²) in [6.07, 6.45) is 1.72. The molecule has 7 heteroatoms. The van der Waals surface area contributed by atoms with Crippen molar-refractivity contribution in [3.63, 3.8) is 0 Å². The van der Waals surface area contributed by atoms with Crippen LogP contribution in [0.1, 0.15) is 18.4 Å². The van der Waals surface area contributed by atoms with Crippen LogP contribution in [-0.2, 0) is 11.2 Å². The number of hydrogen-bond donors (Lipinski definition) is 0. The predicted molar refractivity (Wildman–Crippen MR) is 110 cm³/mol. The third-order valence-electron chi connectivity index (χ3n) is 4.39. The number of rotatable bonds is 8. The molecular weight excluding hydrogens is 380 g/mol. The van der Waals surface area contributed by atoms with Crippen LogP contribution < -0.4 is 4.90 Å². The summed E-state index contributed by atoms with van der Waals surface area (Å²) in [7, 11) is 3.94. The van der Waals surface area contributed by atoms with Gasteiger partial charge in [-0.3, -0.25) is 9.69 Å². The van der Waals surface area contributed by atoms with Gasteiger partial charge < -0.3 is 4.90 Å². The number of fused-ring (bicyclic) bond motifs is 1. The van der Waals surface area contributed by atoms with Crippen LogP contribution in [-0.4, -0.2) is 43.0 Å². The van der Waals surface area contributed by atoms with Crippen molar-refractivity contribution in [3.05, 3.63) is 59.7 Å². The van der Waals surface area contributed by atoms with E-state index in [9.17, 15) is 13.6 Å². The zero-order chi connectivity index (χ0) is 20.1. The van der Waals surface area contributed by atoms with E-state index < -0.39 is 11.6 Å². The van der Waals surface area contributed by atoms with Crippen molar-refractivity contribution >= 4 is 32.6 Å². The molecule has 0 aliphatic heterocycles. The lowest BCUT2D eigenvalue weighted by Crippen LogP contribution is -2.33. The molecule has 1 aromatic heterocycles. The number of nitrogens with zero attached hydrogens (tertiary/aromatic N) is 3. The smallest absolute Gasteiger partial charge is 0.229 e. The van der Waals surface area contributed by atoms with Gasteiger partial charge in [0.05, 0.1) is 4.70 Å². The molecular formula is C21H23F2N3OS. The monoisotopic (exact) mass is 403 g/mol. The fourth-order valence-corrected chi connectivity index (χ4v) is 4.01. The average Bonchev–Trinajstić information content (AvgIpc) is 3.08. The molecule has 0 aliphatic rings. The zero-order valence-corrected chi connectivity index (χ0v) is 16.8. The summed E-state index contributed by atoms with van der Waals surface area (Å²) in [5, 5.41) is 0.413. The molecule has 0 saturated heterocycles. The maximum atomic E-state index is 14.0. The van der Waals surface area contributed by atoms with Crippen LogP contribution in [0.2, 0.25) is 0 Å². The van der Waals surface area contributed by atoms with E-state index in [1.165, 1.54) is 6.07 Å². The second-order valence-electron chi connectivity index (χ2n) is 6.92. The molecule has 0 bridgehead atoms. The molecule has 0 spiro atoms. The largest absolute Gasteiger partial charge is 0.309 e. The summed E-state index contributed by atoms with van der Waals surface area (Å²) in [5.74, 6) is -1.42. The van der Waals surface area contributed by atoms with Gasteiger partial charge in [-0.25, -0.2) is 13.8 Å². The minimum absolute atomic E-state index is 0.0671. The van der Waals surface area contributed by atoms with Crippen molar-refractivity contribution in [1.82, 2.24) is 9.88 Å². The number of carbonyl (C=O) groups is 1. The molecule has 1 amide bonds. The van der Waals surface area contributed by atoms with Crippen LogP contribution in [0.5, 0.6) is 0 Å². The molecule has 0 N–H and O–H groups in total. The third-order valence-corrected chi connectivity index (χ3v) is 5.42. The van der Waals surface area contributed by atoms with Gasteiger partial charge >= 0.3 is 0 Å². The van der Waals surface area contributed by atoms with Crippen LogP contribution >= 0.6 is 11.3 Å². The Kier molecular flexibility index (Phi) is 6.70. The molecule has 3 rings (SSSR count). The fraction of sp³-hybridized carbons (Fsp3) is 0.333. The van der Waals surface area contributed by atoms with E-state index in [-0.39, 0.29) is 11.4 Å². The van der Waals surface area contributed by atoms with Gasteiger partial charge in [-0.15, -0.1) is 0 Å². The number of halogens is 2. The van der Waals surface area contributed by atoms with E-state index in [2.05, 4.69) is 4.98 Å². The maximum Gasteiger partial charge on any atom is 0.229 e. The Morgan fingerprint density at radius 2 is 1.86 bits per heavy atom. The number of hydrogen-bond acceptors (Lipinski definition) is 4. The summed E-state index contributed by atoms with van der Waals surface area (Å²) in [4.78, 5) is 20.9. The Labute approximate surface area is 167 Å². The number of benzene rings is 2. The minimum atomic E-state index is -0.706. The van der Waals surface area contributed by atoms with Gasteiger partial charge in [0, 0.05) is 19.0 Å². The SMILES string of the molecule is CN(C)CCCN(C(=O)CCc1ccccc1)c1nc2c(F)cc(F)cc2s1. The zero-order valence-electron chi connectivity index (χ0n) is 16.0. The van der Waals surface area contributed by atoms with Crippen LogP contribution in [0.3, 0.4) is 0 Å². The van der Waals surface area contributed by atoms with E-state index in [1.54, 1.807) is 4.90 Å². The van der Waals surface area contributed by atoms with Crippen LogP contribution in [0.15, 0.2) is 42.5 Å². The first-order valence-electron chi connectivity index (χ1n) is 9.18. The summed E-state index contributed by atoms with van der Waals surface area (Å²) in [6, 6.07) is 11.9. The highest BCUT2D eigenvalue weighted by Gasteiger charge is 2.21. The first kappa shape index (κ1) is 20.4. The summed E-state index contributed by atoms with van der Waals surface area (Å²) >= 11 is 1.14. The molecule has 0 saturated carbocycles. The Hall–Kier alpha value is -2.38. The molecule has 0 fully saturated rings. The number of anilines is 1. The molecule has 3 aromatic rings. The molecule has 2 aromatic carbocycles. The second-order valence-corrected chi connectivity index (χ2v) is 7.93. The van der Waals surface area contributed by atoms with Crippen molar-refractivity contribution in [2.45, 2.75) is 19.3 Å². The first-order valence-corrected chi connectivity index (χ1v) is 10.0. The summed E-state index contributed by atoms with van der Waals surface area (Å²) in [5.41, 5.74) is 1.19. The van der Waals surface area contributed by atoms with Crippen molar-refractivity contribution in [3.8, 4) is 0 Å². The molecule has 0 aliphatic carbocycles. The van der Waals surface area contributed by atoms with Gasteiger partial charge in [0.1, 0.15) is 11.3 Å². The van der Waals surface area contributed by atoms with Gasteiger partial charge in [0.25, 0.3) is 0 Å². The molecule has 0 unspecified atom stereocenters. The number of amides is 1. The highest BCUT2D eigenvalue weighted by molar-refractivity contribution is 7.22. The standard InChI is InChI=1S/C21H23F2N3OS/c1-25(2)11-6-12-26(19(27)10-9-15-7-4-3-5-8-15)21-24-20-17(23)13-16(22)14-18(20)28-21/h3-5,7-8,13-14H,6,9-12H2,1-2H3. The number of carbonyl (C=O) groups excluding carboxylic acids is 1. The van der Waals surface area contributed by atoms with Gasteiger partial charge in [-0.05, 0) is 45.1 Å². The van der Waals surface area contributed by atoms with Gasteiger partial charge in [0.2, 0.25) is 5.91 Å². The Morgan fingerprint density at radius 3 is 2.57 bits per heavy atom. The van der Waals surface area contributed by atoms with Crippen LogP contribution in [0, 0.1) is 11.6 Å². The Bertz CT molecular complexity index is 943. The highest BCUT2D eigenvalue weighted by Crippen LogP contribution is 2.31. The predicted octanol–water partition coefficient (Wildman–Crippen LogP) is 4.49. The van der Waals surface area contributed by atoms with E-state index in [0.29, 0.717) is 29.2 Å². The van der Waals surface area contributed by atoms with Crippen LogP contribution in [0.4, 0.5) is 13.9 Å². The quantitative estimate of drug-likeness (QED) is 0.556. The first-order chi connectivity index (χ1) is 13.4. The minimum Gasteiger partial charge on any atom is -0.309 e. The highest BCUT2D eigenvalue weighted by atomic mass is 32.1. The van der Waals surface area contributed by atoms with E-state index in [0.717, 1.165) is 35.9 Å². The molecule has 4 nitrogen and oxygen atoms in total. The van der Waals surface area contributed by atoms with Crippen LogP contribution in [0.25, 0.3) is 10.2 Å². The topological polar surface area (TPSA) is 36.4 Å². The number of aryl methyl sites for hydroxylation is 1. The molecule has 0 atom stereocenters. The van der Waals surface area contributed by atoms with Crippen molar-refractivity contribution < 1.29 is 13.6 Å². The lowest BCUT2D eigenvalue weighted by Gasteiger charge is -2.21. The molecule has 148 valence electrons. The fourth-order valence-electron chi connectivity index (χ4n) is 2.96. The van der Waals surface area contributed by atoms with Crippen molar-refractivity contribution in [2.75, 3.05) is 32.1 Å². The second kappa shape index (κ2) is 9.21. The van der Waals surface area contributed by atoms with Crippen molar-refractivity contribution in [1.29, 1.82) is 0 Å². The lowest BCUT2D eigenvalue weighted by molar-refractivity contribution is -0.118. The third kappa shape index (κ3) is 5.11. The lowest BCUT2D eigenvalue weighted by atomic mass is 10.1. The van der Waals surface area contributed by atoms with E-state index >= 15 is 0 Å². The van der Waals surface area contributed by atoms with Crippen molar-refractivity contribution in [2.24, 2.45) is 0 Å². The normalized spacial score (nSPS) is 11.3. The number of aromatic nitrogens is 1. The number of thiazole rings is 1. The Morgan fingerprint density at radius 1 is 1.11 bits per heavy atom. The maximum absolute atomic E-state index is 14.0. The van der Waals surface area contributed by atoms with Gasteiger partial charge in [-0.2, -0.15) is 0 Å². The molecule has 28 heavy (non-hydrogen) atoms. The van der Waals surface area contributed by atoms with Gasteiger partial charge in [0.15, 0.2) is 10.9 Å². The van der Waals surface area contributed by atoms with E-state index in [4.69, 9.17) is 0 Å².